The van der Waals surface area contributed by atoms with Crippen LogP contribution in [0.1, 0.15) is 29.5 Å². The number of hydrogen-bond donors (Lipinski definition) is 0. The zero-order chi connectivity index (χ0) is 33.9. The van der Waals surface area contributed by atoms with Crippen molar-refractivity contribution in [2.75, 3.05) is 22.9 Å². The zero-order valence-corrected chi connectivity index (χ0v) is 29.1. The molecule has 0 radical (unpaired) electrons. The Balaban J connectivity index is 1.30. The molecule has 0 unspecified atom stereocenters. The Morgan fingerprint density at radius 3 is 1.65 bits per heavy atom. The number of hydrogen-bond acceptors (Lipinski definition) is 2. The molecule has 0 saturated carbocycles. The Kier molecular flexibility index (Phi) is 7.16. The van der Waals surface area contributed by atoms with E-state index < -0.39 is 0 Å². The standard InChI is InChI=1S/C49H40N2/c1-33-12-2-7-19-41(33)49-43-27-25-39(50-28-10-17-35-14-5-8-20-46(35)50)31-44(43)48(38-23-22-34-13-3-4-16-37(34)30-38)42-26-24-40(32-45(42)49)51-29-11-18-36-15-6-9-21-47(36)51/h2-9,12-16,19-27,30-32H,10-11,17-18,28-29H2,1H3. The molecule has 8 aromatic rings. The third-order valence-corrected chi connectivity index (χ3v) is 11.4. The van der Waals surface area contributed by atoms with Crippen LogP contribution >= 0.6 is 0 Å². The predicted molar refractivity (Wildman–Crippen MR) is 218 cm³/mol. The van der Waals surface area contributed by atoms with Crippen molar-refractivity contribution in [2.45, 2.75) is 32.6 Å². The van der Waals surface area contributed by atoms with E-state index in [1.807, 2.05) is 0 Å². The summed E-state index contributed by atoms with van der Waals surface area (Å²) in [6.45, 7) is 4.30. The van der Waals surface area contributed by atoms with Crippen LogP contribution in [0.3, 0.4) is 0 Å². The molecular weight excluding hydrogens is 617 g/mol. The molecule has 0 aromatic heterocycles. The van der Waals surface area contributed by atoms with Gasteiger partial charge in [0.2, 0.25) is 0 Å². The second-order valence-corrected chi connectivity index (χ2v) is 14.4. The Bertz CT molecular complexity index is 2630. The molecule has 2 aliphatic rings. The van der Waals surface area contributed by atoms with Gasteiger partial charge in [0.15, 0.2) is 0 Å². The highest BCUT2D eigenvalue weighted by Crippen LogP contribution is 2.48. The van der Waals surface area contributed by atoms with E-state index in [0.29, 0.717) is 0 Å². The van der Waals surface area contributed by atoms with Gasteiger partial charge < -0.3 is 9.80 Å². The zero-order valence-electron chi connectivity index (χ0n) is 29.1. The number of benzene rings is 8. The third-order valence-electron chi connectivity index (χ3n) is 11.4. The van der Waals surface area contributed by atoms with Crippen LogP contribution in [-0.2, 0) is 12.8 Å². The fraction of sp³-hybridized carbons (Fsp3) is 0.143. The van der Waals surface area contributed by atoms with Gasteiger partial charge in [0.05, 0.1) is 0 Å². The molecule has 0 aliphatic carbocycles. The van der Waals surface area contributed by atoms with Crippen molar-refractivity contribution in [1.82, 2.24) is 0 Å². The van der Waals surface area contributed by atoms with E-state index in [1.54, 1.807) is 0 Å². The smallest absolute Gasteiger partial charge is 0.0443 e. The van der Waals surface area contributed by atoms with E-state index in [1.165, 1.54) is 94.0 Å². The summed E-state index contributed by atoms with van der Waals surface area (Å²) in [6, 6.07) is 57.1. The monoisotopic (exact) mass is 656 g/mol. The van der Waals surface area contributed by atoms with E-state index in [9.17, 15) is 0 Å². The van der Waals surface area contributed by atoms with Gasteiger partial charge >= 0.3 is 0 Å². The molecule has 0 bridgehead atoms. The van der Waals surface area contributed by atoms with Gasteiger partial charge in [-0.05, 0) is 146 Å². The van der Waals surface area contributed by atoms with Crippen molar-refractivity contribution in [1.29, 1.82) is 0 Å². The summed E-state index contributed by atoms with van der Waals surface area (Å²) in [6.07, 6.45) is 4.58. The van der Waals surface area contributed by atoms with Gasteiger partial charge in [-0.2, -0.15) is 0 Å². The molecule has 2 aliphatic heterocycles. The van der Waals surface area contributed by atoms with Gasteiger partial charge in [0.1, 0.15) is 0 Å². The molecule has 0 amide bonds. The predicted octanol–water partition coefficient (Wildman–Crippen LogP) is 13.0. The quantitative estimate of drug-likeness (QED) is 0.174. The Hall–Kier alpha value is -5.86. The number of anilines is 4. The average molecular weight is 657 g/mol. The van der Waals surface area contributed by atoms with Crippen molar-refractivity contribution in [2.24, 2.45) is 0 Å². The van der Waals surface area contributed by atoms with E-state index in [-0.39, 0.29) is 0 Å². The molecule has 2 heteroatoms. The van der Waals surface area contributed by atoms with Crippen molar-refractivity contribution >= 4 is 55.1 Å². The van der Waals surface area contributed by atoms with Gasteiger partial charge in [-0.25, -0.2) is 0 Å². The molecule has 246 valence electrons. The number of nitrogens with zero attached hydrogens (tertiary/aromatic N) is 2. The minimum absolute atomic E-state index is 1.02. The van der Waals surface area contributed by atoms with Crippen LogP contribution < -0.4 is 9.80 Å². The topological polar surface area (TPSA) is 6.48 Å². The molecule has 2 nitrogen and oxygen atoms in total. The maximum atomic E-state index is 2.54. The summed E-state index contributed by atoms with van der Waals surface area (Å²) in [5.74, 6) is 0. The first-order chi connectivity index (χ1) is 25.2. The molecule has 0 spiro atoms. The van der Waals surface area contributed by atoms with Crippen LogP contribution in [0, 0.1) is 6.92 Å². The van der Waals surface area contributed by atoms with E-state index in [2.05, 4.69) is 168 Å². The summed E-state index contributed by atoms with van der Waals surface area (Å²) in [5.41, 5.74) is 14.5. The molecule has 51 heavy (non-hydrogen) atoms. The molecule has 2 heterocycles. The van der Waals surface area contributed by atoms with Crippen LogP contribution in [0.4, 0.5) is 22.7 Å². The second kappa shape index (κ2) is 12.2. The van der Waals surface area contributed by atoms with Crippen LogP contribution in [0.15, 0.2) is 152 Å². The summed E-state index contributed by atoms with van der Waals surface area (Å²) in [5, 5.41) is 7.72. The fourth-order valence-corrected chi connectivity index (χ4v) is 8.94. The van der Waals surface area contributed by atoms with Gasteiger partial charge in [0.25, 0.3) is 0 Å². The van der Waals surface area contributed by atoms with E-state index in [4.69, 9.17) is 0 Å². The molecule has 8 aromatic carbocycles. The summed E-state index contributed by atoms with van der Waals surface area (Å²) in [4.78, 5) is 5.08. The SMILES string of the molecule is Cc1ccccc1-c1c2ccc(N3CCCc4ccccc43)cc2c(-c2ccc3ccccc3c2)c2ccc(N3CCCc4ccccc43)cc12. The molecule has 10 rings (SSSR count). The summed E-state index contributed by atoms with van der Waals surface area (Å²) in [7, 11) is 0. The lowest BCUT2D eigenvalue weighted by Crippen LogP contribution is -2.24. The third kappa shape index (κ3) is 5.01. The van der Waals surface area contributed by atoms with Gasteiger partial charge in [-0.3, -0.25) is 0 Å². The second-order valence-electron chi connectivity index (χ2n) is 14.4. The van der Waals surface area contributed by atoms with Crippen LogP contribution in [0.5, 0.6) is 0 Å². The molecule has 0 fully saturated rings. The lowest BCUT2D eigenvalue weighted by Gasteiger charge is -2.32. The maximum Gasteiger partial charge on any atom is 0.0443 e. The van der Waals surface area contributed by atoms with Crippen LogP contribution in [0.2, 0.25) is 0 Å². The largest absolute Gasteiger partial charge is 0.341 e. The van der Waals surface area contributed by atoms with E-state index in [0.717, 1.165) is 38.8 Å². The number of rotatable bonds is 4. The van der Waals surface area contributed by atoms with Gasteiger partial charge in [-0.15, -0.1) is 0 Å². The van der Waals surface area contributed by atoms with Gasteiger partial charge in [-0.1, -0.05) is 109 Å². The summed E-state index contributed by atoms with van der Waals surface area (Å²) >= 11 is 0. The first kappa shape index (κ1) is 30.0. The van der Waals surface area contributed by atoms with Crippen LogP contribution in [-0.4, -0.2) is 13.1 Å². The molecule has 0 saturated heterocycles. The van der Waals surface area contributed by atoms with Crippen molar-refractivity contribution in [3.63, 3.8) is 0 Å². The lowest BCUT2D eigenvalue weighted by atomic mass is 9.84. The summed E-state index contributed by atoms with van der Waals surface area (Å²) < 4.78 is 0. The molecular formula is C49H40N2. The highest BCUT2D eigenvalue weighted by molar-refractivity contribution is 6.23. The minimum Gasteiger partial charge on any atom is -0.341 e. The van der Waals surface area contributed by atoms with Crippen LogP contribution in [0.25, 0.3) is 54.6 Å². The fourth-order valence-electron chi connectivity index (χ4n) is 8.94. The first-order valence-electron chi connectivity index (χ1n) is 18.5. The van der Waals surface area contributed by atoms with Crippen molar-refractivity contribution in [3.8, 4) is 22.3 Å². The van der Waals surface area contributed by atoms with Crippen molar-refractivity contribution in [3.05, 3.63) is 168 Å². The number of para-hydroxylation sites is 2. The number of aryl methyl sites for hydroxylation is 3. The Morgan fingerprint density at radius 1 is 0.431 bits per heavy atom. The Labute approximate surface area is 300 Å². The minimum atomic E-state index is 1.02. The normalized spacial score (nSPS) is 14.2. The highest BCUT2D eigenvalue weighted by Gasteiger charge is 2.24. The average Bonchev–Trinajstić information content (AvgIpc) is 3.19. The van der Waals surface area contributed by atoms with Gasteiger partial charge in [0, 0.05) is 35.8 Å². The van der Waals surface area contributed by atoms with E-state index >= 15 is 0 Å². The maximum absolute atomic E-state index is 2.54. The molecule has 0 atom stereocenters. The lowest BCUT2D eigenvalue weighted by molar-refractivity contribution is 0.767. The number of fused-ring (bicyclic) bond motifs is 5. The Morgan fingerprint density at radius 2 is 0.980 bits per heavy atom. The van der Waals surface area contributed by atoms with Crippen molar-refractivity contribution < 1.29 is 0 Å². The highest BCUT2D eigenvalue weighted by atomic mass is 15.1. The first-order valence-corrected chi connectivity index (χ1v) is 18.5. The molecule has 0 N–H and O–H groups in total.